The molecule has 1 unspecified atom stereocenters. The van der Waals surface area contributed by atoms with E-state index in [0.717, 1.165) is 58.1 Å². The van der Waals surface area contributed by atoms with Crippen LogP contribution in [0.4, 0.5) is 5.82 Å². The van der Waals surface area contributed by atoms with Gasteiger partial charge in [0, 0.05) is 49.3 Å². The fourth-order valence-electron chi connectivity index (χ4n) is 4.34. The van der Waals surface area contributed by atoms with Crippen LogP contribution in [0, 0.1) is 0 Å². The molecular weight excluding hydrogens is 462 g/mol. The molecule has 1 aliphatic heterocycles. The Hall–Kier alpha value is -3.75. The van der Waals surface area contributed by atoms with E-state index in [2.05, 4.69) is 43.8 Å². The SMILES string of the molecule is Clc1cc2cc(CNc3nccc4nn(Cc5ccc(OC6CCNC6)nc5)cc34)ccc2cn1. The van der Waals surface area contributed by atoms with E-state index in [1.165, 1.54) is 0 Å². The number of hydrogen-bond acceptors (Lipinski definition) is 7. The highest BCUT2D eigenvalue weighted by molar-refractivity contribution is 6.30. The van der Waals surface area contributed by atoms with Gasteiger partial charge in [-0.2, -0.15) is 5.10 Å². The van der Waals surface area contributed by atoms with E-state index < -0.39 is 0 Å². The molecule has 1 aliphatic rings. The number of aromatic nitrogens is 5. The summed E-state index contributed by atoms with van der Waals surface area (Å²) >= 11 is 6.05. The average Bonchev–Trinajstić information content (AvgIpc) is 3.53. The second-order valence-corrected chi connectivity index (χ2v) is 9.09. The van der Waals surface area contributed by atoms with Crippen LogP contribution in [-0.4, -0.2) is 43.9 Å². The lowest BCUT2D eigenvalue weighted by Crippen LogP contribution is -2.20. The highest BCUT2D eigenvalue weighted by Gasteiger charge is 2.16. The first kappa shape index (κ1) is 21.8. The summed E-state index contributed by atoms with van der Waals surface area (Å²) in [5, 5.41) is 15.1. The van der Waals surface area contributed by atoms with Gasteiger partial charge in [-0.1, -0.05) is 29.8 Å². The zero-order chi connectivity index (χ0) is 23.6. The van der Waals surface area contributed by atoms with Crippen LogP contribution < -0.4 is 15.4 Å². The molecule has 2 N–H and O–H groups in total. The van der Waals surface area contributed by atoms with Crippen LogP contribution in [-0.2, 0) is 13.1 Å². The number of rotatable bonds is 7. The molecule has 176 valence electrons. The standard InChI is InChI=1S/C26H24ClN7O/c27-24-10-20-9-17(1-3-19(20)13-30-24)11-32-26-22-16-34(33-23(22)6-8-29-26)15-18-2-4-25(31-12-18)35-21-5-7-28-14-21/h1-4,6,8-10,12-13,16,21,28H,5,7,11,14-15H2,(H,29,32). The van der Waals surface area contributed by atoms with Crippen molar-refractivity contribution in [2.45, 2.75) is 25.6 Å². The third-order valence-electron chi connectivity index (χ3n) is 6.14. The van der Waals surface area contributed by atoms with Crippen LogP contribution in [0.25, 0.3) is 21.7 Å². The van der Waals surface area contributed by atoms with Crippen LogP contribution in [0.1, 0.15) is 17.5 Å². The van der Waals surface area contributed by atoms with E-state index in [4.69, 9.17) is 21.4 Å². The first-order valence-corrected chi connectivity index (χ1v) is 12.0. The Bertz CT molecular complexity index is 1480. The van der Waals surface area contributed by atoms with E-state index in [-0.39, 0.29) is 6.10 Å². The predicted octanol–water partition coefficient (Wildman–Crippen LogP) is 4.43. The van der Waals surface area contributed by atoms with Crippen LogP contribution in [0.5, 0.6) is 5.88 Å². The molecule has 0 radical (unpaired) electrons. The van der Waals surface area contributed by atoms with Gasteiger partial charge in [0.05, 0.1) is 17.4 Å². The number of hydrogen-bond donors (Lipinski definition) is 2. The topological polar surface area (TPSA) is 89.8 Å². The third kappa shape index (κ3) is 4.89. The van der Waals surface area contributed by atoms with Crippen LogP contribution in [0.3, 0.4) is 0 Å². The monoisotopic (exact) mass is 485 g/mol. The lowest BCUT2D eigenvalue weighted by atomic mass is 10.1. The number of pyridine rings is 3. The Morgan fingerprint density at radius 2 is 1.97 bits per heavy atom. The molecule has 1 aromatic carbocycles. The van der Waals surface area contributed by atoms with Gasteiger partial charge >= 0.3 is 0 Å². The van der Waals surface area contributed by atoms with Gasteiger partial charge < -0.3 is 15.4 Å². The second-order valence-electron chi connectivity index (χ2n) is 8.70. The fourth-order valence-corrected chi connectivity index (χ4v) is 4.50. The van der Waals surface area contributed by atoms with E-state index in [1.54, 1.807) is 12.4 Å². The first-order chi connectivity index (χ1) is 17.2. The zero-order valence-corrected chi connectivity index (χ0v) is 19.7. The third-order valence-corrected chi connectivity index (χ3v) is 6.35. The van der Waals surface area contributed by atoms with Crippen molar-refractivity contribution in [2.24, 2.45) is 0 Å². The van der Waals surface area contributed by atoms with Crippen LogP contribution >= 0.6 is 11.6 Å². The summed E-state index contributed by atoms with van der Waals surface area (Å²) in [6.45, 7) is 3.12. The molecule has 5 heterocycles. The number of ether oxygens (including phenoxy) is 1. The number of benzene rings is 1. The van der Waals surface area contributed by atoms with Crippen molar-refractivity contribution in [3.63, 3.8) is 0 Å². The van der Waals surface area contributed by atoms with Crippen molar-refractivity contribution in [3.05, 3.63) is 83.5 Å². The molecule has 5 aromatic rings. The van der Waals surface area contributed by atoms with Crippen molar-refractivity contribution < 1.29 is 4.74 Å². The van der Waals surface area contributed by atoms with Gasteiger partial charge in [0.15, 0.2) is 0 Å². The summed E-state index contributed by atoms with van der Waals surface area (Å²) in [4.78, 5) is 13.2. The molecule has 4 aromatic heterocycles. The Kier molecular flexibility index (Phi) is 5.89. The Balaban J connectivity index is 1.15. The van der Waals surface area contributed by atoms with Crippen molar-refractivity contribution in [1.82, 2.24) is 30.0 Å². The van der Waals surface area contributed by atoms with Gasteiger partial charge in [0.25, 0.3) is 0 Å². The van der Waals surface area contributed by atoms with E-state index in [1.807, 2.05) is 41.3 Å². The highest BCUT2D eigenvalue weighted by atomic mass is 35.5. The summed E-state index contributed by atoms with van der Waals surface area (Å²) in [7, 11) is 0. The maximum atomic E-state index is 6.05. The molecule has 1 atom stereocenters. The number of anilines is 1. The molecule has 9 heteroatoms. The van der Waals surface area contributed by atoms with Crippen molar-refractivity contribution in [2.75, 3.05) is 18.4 Å². The molecule has 0 spiro atoms. The highest BCUT2D eigenvalue weighted by Crippen LogP contribution is 2.23. The summed E-state index contributed by atoms with van der Waals surface area (Å²) in [5.74, 6) is 1.46. The molecule has 6 rings (SSSR count). The average molecular weight is 486 g/mol. The molecule has 35 heavy (non-hydrogen) atoms. The van der Waals surface area contributed by atoms with E-state index >= 15 is 0 Å². The molecular formula is C26H24ClN7O. The molecule has 8 nitrogen and oxygen atoms in total. The summed E-state index contributed by atoms with van der Waals surface area (Å²) < 4.78 is 7.83. The predicted molar refractivity (Wildman–Crippen MR) is 137 cm³/mol. The van der Waals surface area contributed by atoms with Crippen molar-refractivity contribution in [3.8, 4) is 5.88 Å². The fraction of sp³-hybridized carbons (Fsp3) is 0.231. The number of halogens is 1. The Morgan fingerprint density at radius 3 is 2.83 bits per heavy atom. The van der Waals surface area contributed by atoms with Crippen LogP contribution in [0.15, 0.2) is 67.3 Å². The second kappa shape index (κ2) is 9.48. The largest absolute Gasteiger partial charge is 0.473 e. The first-order valence-electron chi connectivity index (χ1n) is 11.6. The van der Waals surface area contributed by atoms with E-state index in [0.29, 0.717) is 24.1 Å². The van der Waals surface area contributed by atoms with E-state index in [9.17, 15) is 0 Å². The maximum Gasteiger partial charge on any atom is 0.213 e. The molecule has 0 saturated carbocycles. The summed E-state index contributed by atoms with van der Waals surface area (Å²) in [6.07, 6.45) is 8.65. The smallest absolute Gasteiger partial charge is 0.213 e. The number of nitrogens with one attached hydrogen (secondary N) is 2. The minimum Gasteiger partial charge on any atom is -0.473 e. The molecule has 0 amide bonds. The van der Waals surface area contributed by atoms with Gasteiger partial charge in [-0.25, -0.2) is 15.0 Å². The normalized spacial score (nSPS) is 15.6. The lowest BCUT2D eigenvalue weighted by molar-refractivity contribution is 0.214. The molecule has 1 saturated heterocycles. The van der Waals surface area contributed by atoms with Crippen LogP contribution in [0.2, 0.25) is 5.15 Å². The Morgan fingerprint density at radius 1 is 1.03 bits per heavy atom. The summed E-state index contributed by atoms with van der Waals surface area (Å²) in [6, 6.07) is 14.0. The minimum atomic E-state index is 0.201. The Labute approximate surface area is 207 Å². The van der Waals surface area contributed by atoms with Gasteiger partial charge in [-0.3, -0.25) is 4.68 Å². The molecule has 0 bridgehead atoms. The molecule has 0 aliphatic carbocycles. The van der Waals surface area contributed by atoms with Gasteiger partial charge in [-0.15, -0.1) is 0 Å². The maximum absolute atomic E-state index is 6.05. The lowest BCUT2D eigenvalue weighted by Gasteiger charge is -2.11. The van der Waals surface area contributed by atoms with Gasteiger partial charge in [0.2, 0.25) is 5.88 Å². The van der Waals surface area contributed by atoms with Crippen molar-refractivity contribution in [1.29, 1.82) is 0 Å². The quantitative estimate of drug-likeness (QED) is 0.329. The zero-order valence-electron chi connectivity index (χ0n) is 19.0. The number of nitrogens with zero attached hydrogens (tertiary/aromatic N) is 5. The van der Waals surface area contributed by atoms with Gasteiger partial charge in [-0.05, 0) is 47.7 Å². The minimum absolute atomic E-state index is 0.201. The van der Waals surface area contributed by atoms with Gasteiger partial charge in [0.1, 0.15) is 17.1 Å². The van der Waals surface area contributed by atoms with Crippen molar-refractivity contribution >= 4 is 39.1 Å². The molecule has 1 fully saturated rings. The summed E-state index contributed by atoms with van der Waals surface area (Å²) in [5.41, 5.74) is 3.08. The number of fused-ring (bicyclic) bond motifs is 2.